The lowest BCUT2D eigenvalue weighted by Gasteiger charge is -2.21. The molecule has 0 atom stereocenters. The van der Waals surface area contributed by atoms with E-state index in [2.05, 4.69) is 39.6 Å². The van der Waals surface area contributed by atoms with E-state index in [1.54, 1.807) is 24.4 Å². The lowest BCUT2D eigenvalue weighted by Crippen LogP contribution is -2.19. The molecule has 0 unspecified atom stereocenters. The number of halogens is 2. The zero-order valence-corrected chi connectivity index (χ0v) is 15.4. The van der Waals surface area contributed by atoms with Gasteiger partial charge in [0.25, 0.3) is 5.95 Å². The molecule has 5 nitrogen and oxygen atoms in total. The predicted octanol–water partition coefficient (Wildman–Crippen LogP) is 5.39. The topological polar surface area (TPSA) is 53.9 Å². The number of aromatic nitrogens is 3. The summed E-state index contributed by atoms with van der Waals surface area (Å²) in [5, 5.41) is 12.5. The molecule has 0 saturated heterocycles. The largest absolute Gasteiger partial charge is 0.338 e. The van der Waals surface area contributed by atoms with Crippen molar-refractivity contribution in [2.45, 2.75) is 13.8 Å². The minimum absolute atomic E-state index is 0.510. The van der Waals surface area contributed by atoms with E-state index in [1.807, 2.05) is 24.0 Å². The first-order valence-electron chi connectivity index (χ1n) is 7.83. The molecule has 0 fully saturated rings. The first kappa shape index (κ1) is 17.5. The molecule has 0 aliphatic heterocycles. The molecule has 0 aliphatic rings. The van der Waals surface area contributed by atoms with E-state index in [0.29, 0.717) is 34.0 Å². The average Bonchev–Trinajstić information content (AvgIpc) is 2.59. The van der Waals surface area contributed by atoms with Crippen LogP contribution >= 0.6 is 23.2 Å². The molecule has 0 saturated carbocycles. The van der Waals surface area contributed by atoms with Crippen LogP contribution in [0.2, 0.25) is 10.0 Å². The summed E-state index contributed by atoms with van der Waals surface area (Å²) in [6.07, 6.45) is 1.55. The number of anilines is 4. The number of aryl methyl sites for hydroxylation is 1. The molecule has 0 aliphatic carbocycles. The maximum Gasteiger partial charge on any atom is 0.251 e. The van der Waals surface area contributed by atoms with Crippen LogP contribution in [0.4, 0.5) is 23.1 Å². The molecule has 0 radical (unpaired) electrons. The van der Waals surface area contributed by atoms with Crippen molar-refractivity contribution in [3.05, 3.63) is 64.3 Å². The third kappa shape index (κ3) is 4.18. The number of hydrogen-bond acceptors (Lipinski definition) is 5. The summed E-state index contributed by atoms with van der Waals surface area (Å²) >= 11 is 12.2. The van der Waals surface area contributed by atoms with Crippen LogP contribution in [0.25, 0.3) is 0 Å². The zero-order chi connectivity index (χ0) is 17.8. The smallest absolute Gasteiger partial charge is 0.251 e. The van der Waals surface area contributed by atoms with Gasteiger partial charge in [-0.15, -0.1) is 5.10 Å². The second-order valence-electron chi connectivity index (χ2n) is 5.47. The van der Waals surface area contributed by atoms with E-state index in [0.717, 1.165) is 5.69 Å². The summed E-state index contributed by atoms with van der Waals surface area (Å²) in [6, 6.07) is 13.4. The molecule has 7 heteroatoms. The molecule has 2 aromatic carbocycles. The van der Waals surface area contributed by atoms with Crippen molar-refractivity contribution in [2.75, 3.05) is 16.8 Å². The molecule has 1 aromatic heterocycles. The zero-order valence-electron chi connectivity index (χ0n) is 13.9. The second-order valence-corrected chi connectivity index (χ2v) is 6.32. The van der Waals surface area contributed by atoms with Crippen molar-refractivity contribution >= 4 is 46.3 Å². The maximum absolute atomic E-state index is 6.19. The quantitative estimate of drug-likeness (QED) is 0.649. The molecule has 1 N–H and O–H groups in total. The third-order valence-electron chi connectivity index (χ3n) is 3.61. The fourth-order valence-corrected chi connectivity index (χ4v) is 2.77. The van der Waals surface area contributed by atoms with Gasteiger partial charge >= 0.3 is 0 Å². The van der Waals surface area contributed by atoms with Crippen molar-refractivity contribution in [2.24, 2.45) is 0 Å². The normalized spacial score (nSPS) is 10.6. The molecule has 25 heavy (non-hydrogen) atoms. The summed E-state index contributed by atoms with van der Waals surface area (Å²) < 4.78 is 0. The average molecular weight is 374 g/mol. The monoisotopic (exact) mass is 373 g/mol. The Bertz CT molecular complexity index is 885. The highest BCUT2D eigenvalue weighted by Crippen LogP contribution is 2.28. The lowest BCUT2D eigenvalue weighted by atomic mass is 10.2. The van der Waals surface area contributed by atoms with E-state index in [4.69, 9.17) is 23.2 Å². The van der Waals surface area contributed by atoms with Gasteiger partial charge in [-0.05, 0) is 49.7 Å². The number of nitrogens with one attached hydrogen (secondary N) is 1. The molecule has 1 heterocycles. The highest BCUT2D eigenvalue weighted by atomic mass is 35.5. The first-order chi connectivity index (χ1) is 12.1. The summed E-state index contributed by atoms with van der Waals surface area (Å²) in [5.41, 5.74) is 2.85. The van der Waals surface area contributed by atoms with Gasteiger partial charge < -0.3 is 10.2 Å². The van der Waals surface area contributed by atoms with E-state index in [1.165, 1.54) is 5.56 Å². The Balaban J connectivity index is 1.91. The number of nitrogens with zero attached hydrogens (tertiary/aromatic N) is 4. The van der Waals surface area contributed by atoms with Gasteiger partial charge in [-0.25, -0.2) is 0 Å². The van der Waals surface area contributed by atoms with Crippen molar-refractivity contribution in [1.29, 1.82) is 0 Å². The Hall–Kier alpha value is -2.37. The number of hydrogen-bond donors (Lipinski definition) is 1. The fraction of sp³-hybridized carbons (Fsp3) is 0.167. The molecule has 3 rings (SSSR count). The Kier molecular flexibility index (Phi) is 5.36. The summed E-state index contributed by atoms with van der Waals surface area (Å²) in [5.74, 6) is 1.05. The standard InChI is InChI=1S/C18H17Cl2N5/c1-3-25(14-6-4-5-12(2)9-14)18-23-17(11-21-24-18)22-16-10-13(19)7-8-15(16)20/h4-11H,3H2,1-2H3,(H,22,23,24). The van der Waals surface area contributed by atoms with Crippen LogP contribution < -0.4 is 10.2 Å². The van der Waals surface area contributed by atoms with Crippen molar-refractivity contribution in [1.82, 2.24) is 15.2 Å². The SMILES string of the molecule is CCN(c1cccc(C)c1)c1nncc(Nc2cc(Cl)ccc2Cl)n1. The van der Waals surface area contributed by atoms with Gasteiger partial charge in [-0.1, -0.05) is 35.3 Å². The van der Waals surface area contributed by atoms with E-state index in [9.17, 15) is 0 Å². The van der Waals surface area contributed by atoms with Crippen LogP contribution in [-0.4, -0.2) is 21.7 Å². The highest BCUT2D eigenvalue weighted by molar-refractivity contribution is 6.35. The summed E-state index contributed by atoms with van der Waals surface area (Å²) in [6.45, 7) is 4.81. The Morgan fingerprint density at radius 2 is 1.96 bits per heavy atom. The molecular weight excluding hydrogens is 357 g/mol. The third-order valence-corrected chi connectivity index (χ3v) is 4.17. The second kappa shape index (κ2) is 7.68. The Labute approximate surface area is 156 Å². The van der Waals surface area contributed by atoms with Gasteiger partial charge in [0.2, 0.25) is 0 Å². The van der Waals surface area contributed by atoms with E-state index < -0.39 is 0 Å². The predicted molar refractivity (Wildman–Crippen MR) is 103 cm³/mol. The van der Waals surface area contributed by atoms with Crippen molar-refractivity contribution < 1.29 is 0 Å². The fourth-order valence-electron chi connectivity index (χ4n) is 2.44. The van der Waals surface area contributed by atoms with Gasteiger partial charge in [0, 0.05) is 17.3 Å². The Morgan fingerprint density at radius 3 is 2.72 bits per heavy atom. The van der Waals surface area contributed by atoms with Crippen LogP contribution in [0.1, 0.15) is 12.5 Å². The van der Waals surface area contributed by atoms with Crippen molar-refractivity contribution in [3.63, 3.8) is 0 Å². The van der Waals surface area contributed by atoms with Gasteiger partial charge in [-0.3, -0.25) is 0 Å². The Morgan fingerprint density at radius 1 is 1.12 bits per heavy atom. The number of benzene rings is 2. The minimum atomic E-state index is 0.510. The highest BCUT2D eigenvalue weighted by Gasteiger charge is 2.12. The van der Waals surface area contributed by atoms with Crippen LogP contribution in [0.3, 0.4) is 0 Å². The van der Waals surface area contributed by atoms with Gasteiger partial charge in [0.1, 0.15) is 0 Å². The number of rotatable bonds is 5. The van der Waals surface area contributed by atoms with E-state index in [-0.39, 0.29) is 0 Å². The summed E-state index contributed by atoms with van der Waals surface area (Å²) in [4.78, 5) is 6.55. The van der Waals surface area contributed by atoms with Crippen LogP contribution in [0.15, 0.2) is 48.7 Å². The van der Waals surface area contributed by atoms with E-state index >= 15 is 0 Å². The molecular formula is C18H17Cl2N5. The molecule has 0 spiro atoms. The minimum Gasteiger partial charge on any atom is -0.338 e. The van der Waals surface area contributed by atoms with Crippen LogP contribution in [0.5, 0.6) is 0 Å². The van der Waals surface area contributed by atoms with Gasteiger partial charge in [-0.2, -0.15) is 10.1 Å². The first-order valence-corrected chi connectivity index (χ1v) is 8.58. The molecule has 3 aromatic rings. The van der Waals surface area contributed by atoms with Crippen LogP contribution in [0, 0.1) is 6.92 Å². The van der Waals surface area contributed by atoms with Crippen LogP contribution in [-0.2, 0) is 0 Å². The van der Waals surface area contributed by atoms with Gasteiger partial charge in [0.05, 0.1) is 16.9 Å². The molecule has 0 amide bonds. The van der Waals surface area contributed by atoms with Crippen molar-refractivity contribution in [3.8, 4) is 0 Å². The van der Waals surface area contributed by atoms with Gasteiger partial charge in [0.15, 0.2) is 5.82 Å². The lowest BCUT2D eigenvalue weighted by molar-refractivity contribution is 0.886. The maximum atomic E-state index is 6.19. The molecule has 0 bridgehead atoms. The molecule has 128 valence electrons. The summed E-state index contributed by atoms with van der Waals surface area (Å²) in [7, 11) is 0.